The number of benzene rings is 2. The normalized spacial score (nSPS) is 15.6. The topological polar surface area (TPSA) is 58.1 Å². The molecule has 6 nitrogen and oxygen atoms in total. The number of aliphatic imine (C=N–C) groups is 1. The standard InChI is InChI=1S/C23H31FN4O2.HI/c1-25-23(26-12-11-18-5-3-4-6-21(18)24)27-17-22(28-13-15-30-16-14-28)19-7-9-20(29-2)10-8-19;/h3-10,22H,11-17H2,1-2H3,(H2,25,26,27);1H. The second-order valence-electron chi connectivity index (χ2n) is 7.16. The molecule has 2 aromatic carbocycles. The Morgan fingerprint density at radius 1 is 1.13 bits per heavy atom. The van der Waals surface area contributed by atoms with E-state index in [1.807, 2.05) is 24.3 Å². The van der Waals surface area contributed by atoms with E-state index in [-0.39, 0.29) is 35.8 Å². The summed E-state index contributed by atoms with van der Waals surface area (Å²) in [6, 6.07) is 15.2. The first-order chi connectivity index (χ1) is 14.7. The van der Waals surface area contributed by atoms with Crippen LogP contribution in [0, 0.1) is 5.82 Å². The van der Waals surface area contributed by atoms with Gasteiger partial charge in [-0.3, -0.25) is 9.89 Å². The largest absolute Gasteiger partial charge is 0.497 e. The zero-order valence-electron chi connectivity index (χ0n) is 18.1. The summed E-state index contributed by atoms with van der Waals surface area (Å²) in [6.07, 6.45) is 0.596. The van der Waals surface area contributed by atoms with E-state index in [1.54, 1.807) is 20.2 Å². The number of guanidine groups is 1. The molecular formula is C23H32FIN4O2. The van der Waals surface area contributed by atoms with Crippen molar-refractivity contribution in [1.29, 1.82) is 0 Å². The number of hydrogen-bond donors (Lipinski definition) is 2. The lowest BCUT2D eigenvalue weighted by Crippen LogP contribution is -2.46. The van der Waals surface area contributed by atoms with Crippen LogP contribution in [-0.2, 0) is 11.2 Å². The van der Waals surface area contributed by atoms with Gasteiger partial charge in [-0.1, -0.05) is 30.3 Å². The maximum Gasteiger partial charge on any atom is 0.191 e. The average Bonchev–Trinajstić information content (AvgIpc) is 2.80. The SMILES string of the molecule is CN=C(NCCc1ccccc1F)NCC(c1ccc(OC)cc1)N1CCOCC1.I. The van der Waals surface area contributed by atoms with E-state index < -0.39 is 0 Å². The van der Waals surface area contributed by atoms with Gasteiger partial charge in [-0.15, -0.1) is 24.0 Å². The van der Waals surface area contributed by atoms with Crippen LogP contribution in [0.3, 0.4) is 0 Å². The highest BCUT2D eigenvalue weighted by Crippen LogP contribution is 2.23. The van der Waals surface area contributed by atoms with E-state index in [0.717, 1.165) is 32.1 Å². The zero-order valence-corrected chi connectivity index (χ0v) is 20.5. The number of ether oxygens (including phenoxy) is 2. The van der Waals surface area contributed by atoms with Crippen molar-refractivity contribution >= 4 is 29.9 Å². The number of nitrogens with zero attached hydrogens (tertiary/aromatic N) is 2. The molecule has 1 unspecified atom stereocenters. The van der Waals surface area contributed by atoms with E-state index in [2.05, 4.69) is 32.7 Å². The van der Waals surface area contributed by atoms with Crippen molar-refractivity contribution in [3.63, 3.8) is 0 Å². The van der Waals surface area contributed by atoms with Gasteiger partial charge in [0.1, 0.15) is 11.6 Å². The third-order valence-corrected chi connectivity index (χ3v) is 5.32. The Hall–Kier alpha value is -1.91. The highest BCUT2D eigenvalue weighted by Gasteiger charge is 2.23. The predicted octanol–water partition coefficient (Wildman–Crippen LogP) is 3.23. The van der Waals surface area contributed by atoms with E-state index in [4.69, 9.17) is 9.47 Å². The van der Waals surface area contributed by atoms with Crippen molar-refractivity contribution < 1.29 is 13.9 Å². The molecule has 0 spiro atoms. The quantitative estimate of drug-likeness (QED) is 0.305. The van der Waals surface area contributed by atoms with Gasteiger partial charge in [0.2, 0.25) is 0 Å². The van der Waals surface area contributed by atoms with Crippen molar-refractivity contribution in [2.75, 3.05) is 53.6 Å². The maximum atomic E-state index is 13.8. The van der Waals surface area contributed by atoms with Crippen LogP contribution in [-0.4, -0.2) is 64.4 Å². The van der Waals surface area contributed by atoms with Crippen molar-refractivity contribution in [1.82, 2.24) is 15.5 Å². The van der Waals surface area contributed by atoms with E-state index in [9.17, 15) is 4.39 Å². The van der Waals surface area contributed by atoms with Gasteiger partial charge in [-0.2, -0.15) is 0 Å². The summed E-state index contributed by atoms with van der Waals surface area (Å²) >= 11 is 0. The molecule has 0 bridgehead atoms. The molecule has 0 saturated carbocycles. The molecule has 31 heavy (non-hydrogen) atoms. The molecule has 1 saturated heterocycles. The van der Waals surface area contributed by atoms with E-state index >= 15 is 0 Å². The third kappa shape index (κ3) is 7.62. The zero-order chi connectivity index (χ0) is 21.2. The summed E-state index contributed by atoms with van der Waals surface area (Å²) in [5.41, 5.74) is 1.91. The molecule has 1 atom stereocenters. The monoisotopic (exact) mass is 542 g/mol. The van der Waals surface area contributed by atoms with Gasteiger partial charge in [0.15, 0.2) is 5.96 Å². The van der Waals surface area contributed by atoms with Gasteiger partial charge < -0.3 is 20.1 Å². The molecule has 2 aromatic rings. The van der Waals surface area contributed by atoms with Crippen LogP contribution in [0.25, 0.3) is 0 Å². The summed E-state index contributed by atoms with van der Waals surface area (Å²) in [7, 11) is 3.42. The minimum Gasteiger partial charge on any atom is -0.497 e. The smallest absolute Gasteiger partial charge is 0.191 e. The highest BCUT2D eigenvalue weighted by atomic mass is 127. The Bertz CT molecular complexity index is 813. The Labute approximate surface area is 201 Å². The maximum absolute atomic E-state index is 13.8. The molecule has 0 amide bonds. The first kappa shape index (κ1) is 25.4. The van der Waals surface area contributed by atoms with Gasteiger partial charge in [0, 0.05) is 33.2 Å². The Balaban J connectivity index is 0.00000341. The molecule has 1 aliphatic rings. The van der Waals surface area contributed by atoms with Gasteiger partial charge in [0.25, 0.3) is 0 Å². The minimum absolute atomic E-state index is 0. The molecule has 1 fully saturated rings. The first-order valence-corrected chi connectivity index (χ1v) is 10.3. The van der Waals surface area contributed by atoms with Crippen molar-refractivity contribution in [3.05, 3.63) is 65.5 Å². The molecule has 8 heteroatoms. The van der Waals surface area contributed by atoms with E-state index in [0.29, 0.717) is 31.0 Å². The lowest BCUT2D eigenvalue weighted by atomic mass is 10.0. The molecule has 0 aliphatic carbocycles. The van der Waals surface area contributed by atoms with Crippen LogP contribution in [0.15, 0.2) is 53.5 Å². The van der Waals surface area contributed by atoms with E-state index in [1.165, 1.54) is 11.6 Å². The summed E-state index contributed by atoms with van der Waals surface area (Å²) in [6.45, 7) is 4.55. The predicted molar refractivity (Wildman–Crippen MR) is 133 cm³/mol. The Kier molecular flexibility index (Phi) is 11.0. The van der Waals surface area contributed by atoms with Crippen molar-refractivity contribution in [2.24, 2.45) is 4.99 Å². The second-order valence-corrected chi connectivity index (χ2v) is 7.16. The van der Waals surface area contributed by atoms with Crippen LogP contribution in [0.4, 0.5) is 4.39 Å². The van der Waals surface area contributed by atoms with Crippen LogP contribution >= 0.6 is 24.0 Å². The molecule has 0 aromatic heterocycles. The Morgan fingerprint density at radius 2 is 1.84 bits per heavy atom. The molecule has 1 aliphatic heterocycles. The van der Waals surface area contributed by atoms with Crippen LogP contribution in [0.5, 0.6) is 5.75 Å². The number of rotatable bonds is 8. The number of morpholine rings is 1. The fourth-order valence-corrected chi connectivity index (χ4v) is 3.60. The summed E-state index contributed by atoms with van der Waals surface area (Å²) in [5, 5.41) is 6.71. The van der Waals surface area contributed by atoms with Gasteiger partial charge in [0.05, 0.1) is 26.4 Å². The lowest BCUT2D eigenvalue weighted by molar-refractivity contribution is 0.0170. The van der Waals surface area contributed by atoms with Gasteiger partial charge >= 0.3 is 0 Å². The summed E-state index contributed by atoms with van der Waals surface area (Å²) in [5.74, 6) is 1.38. The fourth-order valence-electron chi connectivity index (χ4n) is 3.60. The summed E-state index contributed by atoms with van der Waals surface area (Å²) in [4.78, 5) is 6.74. The molecular weight excluding hydrogens is 510 g/mol. The van der Waals surface area contributed by atoms with Gasteiger partial charge in [-0.05, 0) is 35.7 Å². The number of hydrogen-bond acceptors (Lipinski definition) is 4. The molecule has 170 valence electrons. The van der Waals surface area contributed by atoms with Crippen LogP contribution in [0.2, 0.25) is 0 Å². The first-order valence-electron chi connectivity index (χ1n) is 10.3. The number of halogens is 2. The average molecular weight is 542 g/mol. The number of nitrogens with one attached hydrogen (secondary N) is 2. The second kappa shape index (κ2) is 13.5. The Morgan fingerprint density at radius 3 is 2.48 bits per heavy atom. The third-order valence-electron chi connectivity index (χ3n) is 5.32. The fraction of sp³-hybridized carbons (Fsp3) is 0.435. The minimum atomic E-state index is -0.172. The number of methoxy groups -OCH3 is 1. The molecule has 3 rings (SSSR count). The molecule has 1 heterocycles. The molecule has 2 N–H and O–H groups in total. The lowest BCUT2D eigenvalue weighted by Gasteiger charge is -2.35. The van der Waals surface area contributed by atoms with Crippen molar-refractivity contribution in [2.45, 2.75) is 12.5 Å². The molecule has 0 radical (unpaired) electrons. The highest BCUT2D eigenvalue weighted by molar-refractivity contribution is 14.0. The summed E-state index contributed by atoms with van der Waals surface area (Å²) < 4.78 is 24.6. The van der Waals surface area contributed by atoms with Gasteiger partial charge in [-0.25, -0.2) is 4.39 Å². The van der Waals surface area contributed by atoms with Crippen LogP contribution in [0.1, 0.15) is 17.2 Å². The van der Waals surface area contributed by atoms with Crippen LogP contribution < -0.4 is 15.4 Å². The van der Waals surface area contributed by atoms with Crippen molar-refractivity contribution in [3.8, 4) is 5.75 Å².